The van der Waals surface area contributed by atoms with E-state index in [4.69, 9.17) is 17.3 Å². The minimum atomic E-state index is -0.0844. The summed E-state index contributed by atoms with van der Waals surface area (Å²) in [5, 5.41) is 5.31. The lowest BCUT2D eigenvalue weighted by atomic mass is 9.86. The van der Waals surface area contributed by atoms with E-state index in [0.717, 1.165) is 42.1 Å². The molecule has 1 fully saturated rings. The monoisotopic (exact) mass is 269 g/mol. The van der Waals surface area contributed by atoms with Gasteiger partial charge >= 0.3 is 0 Å². The fraction of sp³-hybridized carbons (Fsp3) is 0.786. The molecule has 0 unspecified atom stereocenters. The van der Waals surface area contributed by atoms with E-state index in [9.17, 15) is 0 Å². The second kappa shape index (κ2) is 5.62. The average Bonchev–Trinajstić information content (AvgIpc) is 2.54. The van der Waals surface area contributed by atoms with Gasteiger partial charge in [0, 0.05) is 19.0 Å². The number of aryl methyl sites for hydroxylation is 2. The largest absolute Gasteiger partial charge is 0.325 e. The van der Waals surface area contributed by atoms with Gasteiger partial charge in [0.2, 0.25) is 0 Å². The van der Waals surface area contributed by atoms with Gasteiger partial charge in [-0.1, -0.05) is 44.2 Å². The van der Waals surface area contributed by atoms with E-state index in [1.54, 1.807) is 0 Å². The summed E-state index contributed by atoms with van der Waals surface area (Å²) in [5.41, 5.74) is 8.60. The van der Waals surface area contributed by atoms with Gasteiger partial charge in [0.1, 0.15) is 0 Å². The van der Waals surface area contributed by atoms with Crippen molar-refractivity contribution in [2.75, 3.05) is 0 Å². The van der Waals surface area contributed by atoms with Gasteiger partial charge in [-0.05, 0) is 19.3 Å². The third-order valence-electron chi connectivity index (χ3n) is 4.12. The highest BCUT2D eigenvalue weighted by atomic mass is 35.5. The first-order valence-electron chi connectivity index (χ1n) is 7.05. The number of nitrogens with two attached hydrogens (primary N) is 1. The summed E-state index contributed by atoms with van der Waals surface area (Å²) in [6.07, 6.45) is 9.07. The van der Waals surface area contributed by atoms with Crippen LogP contribution in [0.15, 0.2) is 0 Å². The lowest BCUT2D eigenvalue weighted by Crippen LogP contribution is -2.42. The second-order valence-corrected chi connectivity index (χ2v) is 6.02. The Hall–Kier alpha value is -0.540. The lowest BCUT2D eigenvalue weighted by molar-refractivity contribution is 0.361. The predicted octanol–water partition coefficient (Wildman–Crippen LogP) is 3.23. The highest BCUT2D eigenvalue weighted by molar-refractivity contribution is 6.31. The molecular weight excluding hydrogens is 246 g/mol. The van der Waals surface area contributed by atoms with Gasteiger partial charge < -0.3 is 5.73 Å². The van der Waals surface area contributed by atoms with Crippen molar-refractivity contribution in [3.8, 4) is 0 Å². The van der Waals surface area contributed by atoms with Crippen molar-refractivity contribution in [2.45, 2.75) is 63.8 Å². The maximum absolute atomic E-state index is 6.58. The number of hydrogen-bond donors (Lipinski definition) is 1. The van der Waals surface area contributed by atoms with E-state index in [2.05, 4.69) is 12.0 Å². The molecule has 1 saturated carbocycles. The molecule has 0 radical (unpaired) electrons. The SMILES string of the molecule is CCc1nn(C)c(CC2(N)CCCCCC2)c1Cl. The van der Waals surface area contributed by atoms with Crippen LogP contribution in [0.2, 0.25) is 5.02 Å². The Kier molecular flexibility index (Phi) is 4.33. The van der Waals surface area contributed by atoms with Crippen LogP contribution in [0.25, 0.3) is 0 Å². The van der Waals surface area contributed by atoms with E-state index >= 15 is 0 Å². The third kappa shape index (κ3) is 2.89. The summed E-state index contributed by atoms with van der Waals surface area (Å²) in [6, 6.07) is 0. The molecule has 1 aliphatic rings. The summed E-state index contributed by atoms with van der Waals surface area (Å²) in [7, 11) is 1.97. The van der Waals surface area contributed by atoms with Crippen LogP contribution in [0.5, 0.6) is 0 Å². The number of aromatic nitrogens is 2. The number of nitrogens with zero attached hydrogens (tertiary/aromatic N) is 2. The number of halogens is 1. The van der Waals surface area contributed by atoms with E-state index < -0.39 is 0 Å². The Morgan fingerprint density at radius 2 is 1.89 bits per heavy atom. The zero-order valence-corrected chi connectivity index (χ0v) is 12.3. The lowest BCUT2D eigenvalue weighted by Gasteiger charge is -2.28. The molecule has 0 aromatic carbocycles. The molecule has 0 spiro atoms. The maximum atomic E-state index is 6.58. The molecular formula is C14H24ClN3. The van der Waals surface area contributed by atoms with Crippen LogP contribution in [0.3, 0.4) is 0 Å². The van der Waals surface area contributed by atoms with E-state index in [-0.39, 0.29) is 5.54 Å². The molecule has 4 heteroatoms. The maximum Gasteiger partial charge on any atom is 0.0850 e. The van der Waals surface area contributed by atoms with Crippen molar-refractivity contribution < 1.29 is 0 Å². The van der Waals surface area contributed by atoms with Gasteiger partial charge in [0.05, 0.1) is 16.4 Å². The van der Waals surface area contributed by atoms with Gasteiger partial charge in [0.25, 0.3) is 0 Å². The molecule has 1 heterocycles. The molecule has 0 saturated heterocycles. The molecule has 2 N–H and O–H groups in total. The third-order valence-corrected chi connectivity index (χ3v) is 4.56. The smallest absolute Gasteiger partial charge is 0.0850 e. The van der Waals surface area contributed by atoms with Crippen molar-refractivity contribution in [3.63, 3.8) is 0 Å². The molecule has 102 valence electrons. The first kappa shape index (κ1) is 13.9. The first-order chi connectivity index (χ1) is 8.56. The van der Waals surface area contributed by atoms with Crippen LogP contribution in [0.1, 0.15) is 56.8 Å². The summed E-state index contributed by atoms with van der Waals surface area (Å²) in [4.78, 5) is 0. The highest BCUT2D eigenvalue weighted by Crippen LogP contribution is 2.31. The van der Waals surface area contributed by atoms with Crippen LogP contribution in [-0.2, 0) is 19.9 Å². The molecule has 0 bridgehead atoms. The number of rotatable bonds is 3. The van der Waals surface area contributed by atoms with E-state index in [1.807, 2.05) is 11.7 Å². The van der Waals surface area contributed by atoms with Crippen LogP contribution in [0.4, 0.5) is 0 Å². The van der Waals surface area contributed by atoms with E-state index in [1.165, 1.54) is 25.7 Å². The Balaban J connectivity index is 2.19. The van der Waals surface area contributed by atoms with Crippen molar-refractivity contribution >= 4 is 11.6 Å². The van der Waals surface area contributed by atoms with Crippen LogP contribution in [-0.4, -0.2) is 15.3 Å². The fourth-order valence-electron chi connectivity index (χ4n) is 2.95. The van der Waals surface area contributed by atoms with Crippen molar-refractivity contribution in [2.24, 2.45) is 12.8 Å². The minimum absolute atomic E-state index is 0.0844. The Bertz CT molecular complexity index is 403. The molecule has 1 aliphatic carbocycles. The Morgan fingerprint density at radius 1 is 1.28 bits per heavy atom. The normalized spacial score (nSPS) is 19.8. The molecule has 18 heavy (non-hydrogen) atoms. The van der Waals surface area contributed by atoms with Crippen molar-refractivity contribution in [1.29, 1.82) is 0 Å². The highest BCUT2D eigenvalue weighted by Gasteiger charge is 2.29. The van der Waals surface area contributed by atoms with Gasteiger partial charge in [-0.3, -0.25) is 4.68 Å². The zero-order chi connectivity index (χ0) is 13.2. The molecule has 0 amide bonds. The molecule has 3 nitrogen and oxygen atoms in total. The second-order valence-electron chi connectivity index (χ2n) is 5.64. The molecule has 1 aromatic rings. The van der Waals surface area contributed by atoms with Crippen LogP contribution in [0, 0.1) is 0 Å². The zero-order valence-electron chi connectivity index (χ0n) is 11.5. The quantitative estimate of drug-likeness (QED) is 0.856. The first-order valence-corrected chi connectivity index (χ1v) is 7.42. The Labute approximate surface area is 115 Å². The molecule has 2 rings (SSSR count). The summed E-state index contributed by atoms with van der Waals surface area (Å²) in [5.74, 6) is 0. The fourth-order valence-corrected chi connectivity index (χ4v) is 3.32. The molecule has 1 aromatic heterocycles. The van der Waals surface area contributed by atoms with Crippen LogP contribution < -0.4 is 5.73 Å². The summed E-state index contributed by atoms with van der Waals surface area (Å²) < 4.78 is 1.92. The van der Waals surface area contributed by atoms with Crippen molar-refractivity contribution in [1.82, 2.24) is 9.78 Å². The average molecular weight is 270 g/mol. The molecule has 0 atom stereocenters. The van der Waals surface area contributed by atoms with Gasteiger partial charge in [0.15, 0.2) is 0 Å². The van der Waals surface area contributed by atoms with Gasteiger partial charge in [-0.25, -0.2) is 0 Å². The van der Waals surface area contributed by atoms with Crippen LogP contribution >= 0.6 is 11.6 Å². The topological polar surface area (TPSA) is 43.8 Å². The van der Waals surface area contributed by atoms with Gasteiger partial charge in [-0.15, -0.1) is 0 Å². The Morgan fingerprint density at radius 3 is 2.39 bits per heavy atom. The summed E-state index contributed by atoms with van der Waals surface area (Å²) in [6.45, 7) is 2.09. The van der Waals surface area contributed by atoms with Crippen molar-refractivity contribution in [3.05, 3.63) is 16.4 Å². The van der Waals surface area contributed by atoms with Gasteiger partial charge in [-0.2, -0.15) is 5.10 Å². The summed E-state index contributed by atoms with van der Waals surface area (Å²) >= 11 is 6.41. The molecule has 0 aliphatic heterocycles. The standard InChI is InChI=1S/C14H24ClN3/c1-3-11-13(15)12(18(2)17-11)10-14(16)8-6-4-5-7-9-14/h3-10,16H2,1-2H3. The van der Waals surface area contributed by atoms with E-state index in [0.29, 0.717) is 0 Å². The number of hydrogen-bond acceptors (Lipinski definition) is 2. The minimum Gasteiger partial charge on any atom is -0.325 e. The predicted molar refractivity (Wildman–Crippen MR) is 75.9 cm³/mol.